The fraction of sp³-hybridized carbons (Fsp3) is 0.952. The predicted octanol–water partition coefficient (Wildman–Crippen LogP) is 14.6. The molecule has 4 heteroatoms. The molecule has 0 radical (unpaired) electrons. The number of unbranched alkanes of at least 4 members (excludes halogenated alkanes) is 33. The maximum Gasteiger partial charge on any atom is 0.306 e. The number of rotatable bonds is 40. The summed E-state index contributed by atoms with van der Waals surface area (Å²) in [5.74, 6) is -1.35. The second-order valence-electron chi connectivity index (χ2n) is 14.8. The first-order chi connectivity index (χ1) is 22.6. The second-order valence-corrected chi connectivity index (χ2v) is 14.8. The van der Waals surface area contributed by atoms with E-state index in [0.717, 1.165) is 38.5 Å². The van der Waals surface area contributed by atoms with Gasteiger partial charge in [-0.05, 0) is 19.3 Å². The van der Waals surface area contributed by atoms with Crippen LogP contribution in [-0.4, -0.2) is 22.2 Å². The molecule has 1 atom stereocenters. The van der Waals surface area contributed by atoms with Crippen LogP contribution in [0.5, 0.6) is 0 Å². The lowest BCUT2D eigenvalue weighted by molar-refractivity contribution is -0.142. The normalized spacial score (nSPS) is 12.1. The van der Waals surface area contributed by atoms with Crippen molar-refractivity contribution in [2.45, 2.75) is 251 Å². The molecule has 0 heterocycles. The van der Waals surface area contributed by atoms with E-state index in [2.05, 4.69) is 6.92 Å². The first-order valence-electron chi connectivity index (χ1n) is 21.0. The maximum absolute atomic E-state index is 11.7. The van der Waals surface area contributed by atoms with Gasteiger partial charge in [0.15, 0.2) is 0 Å². The molecule has 0 fully saturated rings. The Morgan fingerprint density at radius 2 is 0.565 bits per heavy atom. The van der Waals surface area contributed by atoms with Gasteiger partial charge in [-0.1, -0.05) is 225 Å². The van der Waals surface area contributed by atoms with E-state index in [9.17, 15) is 14.7 Å². The van der Waals surface area contributed by atoms with E-state index >= 15 is 0 Å². The van der Waals surface area contributed by atoms with Crippen LogP contribution >= 0.6 is 0 Å². The molecular weight excluding hydrogens is 568 g/mol. The van der Waals surface area contributed by atoms with Gasteiger partial charge < -0.3 is 10.2 Å². The molecule has 0 aromatic rings. The third kappa shape index (κ3) is 37.4. The summed E-state index contributed by atoms with van der Waals surface area (Å²) in [5, 5.41) is 18.3. The lowest BCUT2D eigenvalue weighted by Crippen LogP contribution is -2.13. The number of carbonyl (C=O) groups is 2. The van der Waals surface area contributed by atoms with Crippen molar-refractivity contribution in [1.29, 1.82) is 0 Å². The molecule has 0 rings (SSSR count). The largest absolute Gasteiger partial charge is 0.481 e. The maximum atomic E-state index is 11.7. The molecule has 0 amide bonds. The van der Waals surface area contributed by atoms with E-state index in [4.69, 9.17) is 5.11 Å². The molecule has 0 bridgehead atoms. The van der Waals surface area contributed by atoms with Crippen LogP contribution in [0.15, 0.2) is 0 Å². The van der Waals surface area contributed by atoms with Crippen molar-refractivity contribution in [3.63, 3.8) is 0 Å². The molecule has 4 nitrogen and oxygen atoms in total. The van der Waals surface area contributed by atoms with Gasteiger partial charge in [0.05, 0.1) is 5.92 Å². The number of carboxylic acid groups (broad SMARTS) is 2. The Kier molecular flexibility index (Phi) is 37.5. The highest BCUT2D eigenvalue weighted by Crippen LogP contribution is 2.21. The minimum absolute atomic E-state index is 0.120. The predicted molar refractivity (Wildman–Crippen MR) is 200 cm³/mol. The zero-order valence-corrected chi connectivity index (χ0v) is 31.2. The molecular formula is C42H82O4. The van der Waals surface area contributed by atoms with Gasteiger partial charge in [0.1, 0.15) is 0 Å². The van der Waals surface area contributed by atoms with E-state index in [1.54, 1.807) is 0 Å². The molecule has 0 aromatic heterocycles. The van der Waals surface area contributed by atoms with Gasteiger partial charge in [-0.25, -0.2) is 0 Å². The summed E-state index contributed by atoms with van der Waals surface area (Å²) in [6, 6.07) is 0. The van der Waals surface area contributed by atoms with Crippen LogP contribution in [0.25, 0.3) is 0 Å². The van der Waals surface area contributed by atoms with Crippen LogP contribution in [0.2, 0.25) is 0 Å². The SMILES string of the molecule is CCCCCCCCCCCCCCCCCCCCC(CCCCCCCCCCCCCCCCCCCC(=O)O)C(=O)O. The third-order valence-electron chi connectivity index (χ3n) is 10.2. The highest BCUT2D eigenvalue weighted by molar-refractivity contribution is 5.69. The van der Waals surface area contributed by atoms with E-state index in [-0.39, 0.29) is 5.92 Å². The van der Waals surface area contributed by atoms with Crippen molar-refractivity contribution in [2.24, 2.45) is 5.92 Å². The van der Waals surface area contributed by atoms with Gasteiger partial charge in [0, 0.05) is 6.42 Å². The van der Waals surface area contributed by atoms with E-state index in [1.165, 1.54) is 199 Å². The summed E-state index contributed by atoms with van der Waals surface area (Å²) >= 11 is 0. The topological polar surface area (TPSA) is 74.6 Å². The standard InChI is InChI=1S/C42H82O4/c1-2-3-4-5-6-7-8-9-10-11-13-16-19-22-25-28-31-34-37-40(42(45)46)38-35-32-29-26-23-20-17-14-12-15-18-21-24-27-30-33-36-39-41(43)44/h40H,2-39H2,1H3,(H,43,44)(H,45,46). The van der Waals surface area contributed by atoms with Crippen molar-refractivity contribution in [3.8, 4) is 0 Å². The van der Waals surface area contributed by atoms with Crippen molar-refractivity contribution in [3.05, 3.63) is 0 Å². The van der Waals surface area contributed by atoms with Gasteiger partial charge in [-0.2, -0.15) is 0 Å². The van der Waals surface area contributed by atoms with Crippen LogP contribution in [0.1, 0.15) is 251 Å². The van der Waals surface area contributed by atoms with Crippen molar-refractivity contribution in [2.75, 3.05) is 0 Å². The van der Waals surface area contributed by atoms with Crippen LogP contribution < -0.4 is 0 Å². The van der Waals surface area contributed by atoms with Gasteiger partial charge in [-0.15, -0.1) is 0 Å². The smallest absolute Gasteiger partial charge is 0.306 e. The average molecular weight is 651 g/mol. The van der Waals surface area contributed by atoms with E-state index in [0.29, 0.717) is 6.42 Å². The Balaban J connectivity index is 3.36. The molecule has 0 aliphatic carbocycles. The molecule has 0 aliphatic heterocycles. The van der Waals surface area contributed by atoms with Gasteiger partial charge in [0.2, 0.25) is 0 Å². The summed E-state index contributed by atoms with van der Waals surface area (Å²) < 4.78 is 0. The minimum Gasteiger partial charge on any atom is -0.481 e. The van der Waals surface area contributed by atoms with E-state index in [1.807, 2.05) is 0 Å². The number of hydrogen-bond acceptors (Lipinski definition) is 2. The van der Waals surface area contributed by atoms with Crippen LogP contribution in [0.4, 0.5) is 0 Å². The van der Waals surface area contributed by atoms with Crippen molar-refractivity contribution >= 4 is 11.9 Å². The molecule has 274 valence electrons. The summed E-state index contributed by atoms with van der Waals surface area (Å²) in [7, 11) is 0. The lowest BCUT2D eigenvalue weighted by atomic mass is 9.94. The fourth-order valence-electron chi connectivity index (χ4n) is 7.00. The van der Waals surface area contributed by atoms with Crippen molar-refractivity contribution < 1.29 is 19.8 Å². The average Bonchev–Trinajstić information content (AvgIpc) is 3.03. The highest BCUT2D eigenvalue weighted by atomic mass is 16.4. The Labute approximate surface area is 288 Å². The Morgan fingerprint density at radius 3 is 0.783 bits per heavy atom. The molecule has 0 saturated heterocycles. The van der Waals surface area contributed by atoms with Crippen molar-refractivity contribution in [1.82, 2.24) is 0 Å². The molecule has 0 saturated carbocycles. The molecule has 46 heavy (non-hydrogen) atoms. The van der Waals surface area contributed by atoms with Crippen LogP contribution in [0, 0.1) is 5.92 Å². The summed E-state index contributed by atoms with van der Waals surface area (Å²) in [5.41, 5.74) is 0. The first kappa shape index (κ1) is 44.9. The quantitative estimate of drug-likeness (QED) is 0.0647. The van der Waals surface area contributed by atoms with E-state index < -0.39 is 11.9 Å². The number of carboxylic acids is 2. The Hall–Kier alpha value is -1.06. The molecule has 0 spiro atoms. The van der Waals surface area contributed by atoms with Crippen LogP contribution in [0.3, 0.4) is 0 Å². The Morgan fingerprint density at radius 1 is 0.348 bits per heavy atom. The molecule has 0 aliphatic rings. The number of hydrogen-bond donors (Lipinski definition) is 2. The fourth-order valence-corrected chi connectivity index (χ4v) is 7.00. The molecule has 2 N–H and O–H groups in total. The monoisotopic (exact) mass is 651 g/mol. The zero-order chi connectivity index (χ0) is 33.6. The minimum atomic E-state index is -0.665. The third-order valence-corrected chi connectivity index (χ3v) is 10.2. The van der Waals surface area contributed by atoms with Gasteiger partial charge in [0.25, 0.3) is 0 Å². The van der Waals surface area contributed by atoms with Gasteiger partial charge in [-0.3, -0.25) is 9.59 Å². The highest BCUT2D eigenvalue weighted by Gasteiger charge is 2.16. The second kappa shape index (κ2) is 38.4. The molecule has 1 unspecified atom stereocenters. The Bertz CT molecular complexity index is 619. The molecule has 0 aromatic carbocycles. The summed E-state index contributed by atoms with van der Waals surface area (Å²) in [6.45, 7) is 2.29. The summed E-state index contributed by atoms with van der Waals surface area (Å²) in [6.07, 6.45) is 48.2. The first-order valence-corrected chi connectivity index (χ1v) is 21.0. The van der Waals surface area contributed by atoms with Crippen LogP contribution in [-0.2, 0) is 9.59 Å². The summed E-state index contributed by atoms with van der Waals surface area (Å²) in [4.78, 5) is 22.2. The van der Waals surface area contributed by atoms with Gasteiger partial charge >= 0.3 is 11.9 Å². The number of aliphatic carboxylic acids is 2. The zero-order valence-electron chi connectivity index (χ0n) is 31.2. The lowest BCUT2D eigenvalue weighted by Gasteiger charge is -2.12.